The SMILES string of the molecule is Cc1ccncc1CNc1ccc(C(=O)O)c(F)c1F. The fourth-order valence-electron chi connectivity index (χ4n) is 1.72. The number of hydrogen-bond donors (Lipinski definition) is 2. The highest BCUT2D eigenvalue weighted by Gasteiger charge is 2.17. The Morgan fingerprint density at radius 3 is 2.70 bits per heavy atom. The van der Waals surface area contributed by atoms with Crippen LogP contribution in [0.4, 0.5) is 14.5 Å². The molecule has 0 aliphatic heterocycles. The maximum atomic E-state index is 13.7. The number of aromatic nitrogens is 1. The molecule has 104 valence electrons. The summed E-state index contributed by atoms with van der Waals surface area (Å²) in [6, 6.07) is 4.04. The van der Waals surface area contributed by atoms with Gasteiger partial charge in [0.2, 0.25) is 0 Å². The molecule has 4 nitrogen and oxygen atoms in total. The number of pyridine rings is 1. The van der Waals surface area contributed by atoms with Gasteiger partial charge in [-0.3, -0.25) is 4.98 Å². The van der Waals surface area contributed by atoms with Crippen LogP contribution >= 0.6 is 0 Å². The molecule has 0 aliphatic carbocycles. The van der Waals surface area contributed by atoms with E-state index in [0.717, 1.165) is 17.2 Å². The van der Waals surface area contributed by atoms with Gasteiger partial charge in [0, 0.05) is 18.9 Å². The van der Waals surface area contributed by atoms with Crippen molar-refractivity contribution in [3.63, 3.8) is 0 Å². The topological polar surface area (TPSA) is 62.2 Å². The molecule has 1 aromatic heterocycles. The number of carboxylic acids is 1. The molecular weight excluding hydrogens is 266 g/mol. The third kappa shape index (κ3) is 2.74. The molecule has 2 N–H and O–H groups in total. The van der Waals surface area contributed by atoms with E-state index in [0.29, 0.717) is 0 Å². The van der Waals surface area contributed by atoms with Crippen molar-refractivity contribution in [1.29, 1.82) is 0 Å². The van der Waals surface area contributed by atoms with Crippen LogP contribution in [0.1, 0.15) is 21.5 Å². The fourth-order valence-corrected chi connectivity index (χ4v) is 1.72. The first kappa shape index (κ1) is 13.9. The van der Waals surface area contributed by atoms with Crippen molar-refractivity contribution >= 4 is 11.7 Å². The lowest BCUT2D eigenvalue weighted by atomic mass is 10.1. The predicted molar refractivity (Wildman–Crippen MR) is 69.6 cm³/mol. The molecule has 0 spiro atoms. The van der Waals surface area contributed by atoms with Crippen LogP contribution in [0, 0.1) is 18.6 Å². The summed E-state index contributed by atoms with van der Waals surface area (Å²) >= 11 is 0. The second-order valence-electron chi connectivity index (χ2n) is 4.25. The molecule has 0 unspecified atom stereocenters. The molecule has 0 bridgehead atoms. The molecule has 0 atom stereocenters. The monoisotopic (exact) mass is 278 g/mol. The minimum absolute atomic E-state index is 0.0873. The van der Waals surface area contributed by atoms with Crippen molar-refractivity contribution in [2.75, 3.05) is 5.32 Å². The summed E-state index contributed by atoms with van der Waals surface area (Å²) in [5.74, 6) is -4.08. The van der Waals surface area contributed by atoms with Crippen LogP contribution in [0.3, 0.4) is 0 Å². The first-order chi connectivity index (χ1) is 9.50. The molecule has 2 aromatic rings. The summed E-state index contributed by atoms with van der Waals surface area (Å²) in [6.07, 6.45) is 3.27. The average molecular weight is 278 g/mol. The summed E-state index contributed by atoms with van der Waals surface area (Å²) in [5.41, 5.74) is 1.03. The molecule has 1 aromatic carbocycles. The first-order valence-electron chi connectivity index (χ1n) is 5.85. The van der Waals surface area contributed by atoms with Gasteiger partial charge in [-0.15, -0.1) is 0 Å². The number of carbonyl (C=O) groups is 1. The smallest absolute Gasteiger partial charge is 0.338 e. The fraction of sp³-hybridized carbons (Fsp3) is 0.143. The minimum Gasteiger partial charge on any atom is -0.478 e. The number of anilines is 1. The van der Waals surface area contributed by atoms with Crippen molar-refractivity contribution in [3.8, 4) is 0 Å². The Morgan fingerprint density at radius 1 is 1.30 bits per heavy atom. The van der Waals surface area contributed by atoms with E-state index in [2.05, 4.69) is 10.3 Å². The van der Waals surface area contributed by atoms with Gasteiger partial charge in [0.15, 0.2) is 11.6 Å². The summed E-state index contributed by atoms with van der Waals surface area (Å²) in [5, 5.41) is 11.4. The molecule has 2 rings (SSSR count). The van der Waals surface area contributed by atoms with Crippen LogP contribution in [0.5, 0.6) is 0 Å². The molecule has 0 radical (unpaired) electrons. The number of nitrogens with zero attached hydrogens (tertiary/aromatic N) is 1. The Hall–Kier alpha value is -2.50. The third-order valence-electron chi connectivity index (χ3n) is 2.93. The van der Waals surface area contributed by atoms with Gasteiger partial charge in [0.05, 0.1) is 11.3 Å². The molecule has 0 saturated carbocycles. The van der Waals surface area contributed by atoms with Crippen molar-refractivity contribution in [1.82, 2.24) is 4.98 Å². The molecule has 6 heteroatoms. The van der Waals surface area contributed by atoms with Crippen LogP contribution in [-0.4, -0.2) is 16.1 Å². The largest absolute Gasteiger partial charge is 0.478 e. The summed E-state index contributed by atoms with van der Waals surface area (Å²) in [4.78, 5) is 14.6. The molecule has 0 amide bonds. The normalized spacial score (nSPS) is 10.3. The van der Waals surface area contributed by atoms with Crippen LogP contribution in [-0.2, 0) is 6.54 Å². The van der Waals surface area contributed by atoms with Gasteiger partial charge in [-0.25, -0.2) is 13.6 Å². The van der Waals surface area contributed by atoms with Crippen LogP contribution in [0.25, 0.3) is 0 Å². The van der Waals surface area contributed by atoms with E-state index in [-0.39, 0.29) is 12.2 Å². The van der Waals surface area contributed by atoms with E-state index in [9.17, 15) is 13.6 Å². The van der Waals surface area contributed by atoms with Crippen LogP contribution < -0.4 is 5.32 Å². The molecule has 1 heterocycles. The van der Waals surface area contributed by atoms with Gasteiger partial charge in [0.1, 0.15) is 0 Å². The average Bonchev–Trinajstić information content (AvgIpc) is 2.41. The number of aromatic carboxylic acids is 1. The summed E-state index contributed by atoms with van der Waals surface area (Å²) in [6.45, 7) is 2.14. The Kier molecular flexibility index (Phi) is 3.93. The second-order valence-corrected chi connectivity index (χ2v) is 4.25. The maximum Gasteiger partial charge on any atom is 0.338 e. The lowest BCUT2D eigenvalue weighted by Crippen LogP contribution is -2.08. The molecule has 20 heavy (non-hydrogen) atoms. The van der Waals surface area contributed by atoms with Gasteiger partial charge in [-0.1, -0.05) is 0 Å². The second kappa shape index (κ2) is 5.64. The van der Waals surface area contributed by atoms with Crippen LogP contribution in [0.2, 0.25) is 0 Å². The van der Waals surface area contributed by atoms with Crippen molar-refractivity contribution in [3.05, 3.63) is 58.9 Å². The molecule has 0 aliphatic rings. The lowest BCUT2D eigenvalue weighted by Gasteiger charge is -2.10. The number of carboxylic acid groups (broad SMARTS) is 1. The highest BCUT2D eigenvalue weighted by atomic mass is 19.2. The van der Waals surface area contributed by atoms with E-state index in [1.807, 2.05) is 13.0 Å². The number of rotatable bonds is 4. The zero-order valence-electron chi connectivity index (χ0n) is 10.7. The van der Waals surface area contributed by atoms with Crippen molar-refractivity contribution < 1.29 is 18.7 Å². The van der Waals surface area contributed by atoms with E-state index < -0.39 is 23.2 Å². The maximum absolute atomic E-state index is 13.7. The van der Waals surface area contributed by atoms with Crippen molar-refractivity contribution in [2.45, 2.75) is 13.5 Å². The quantitative estimate of drug-likeness (QED) is 0.902. The number of benzene rings is 1. The standard InChI is InChI=1S/C14H12F2N2O2/c1-8-4-5-17-6-9(8)7-18-11-3-2-10(14(19)20)12(15)13(11)16/h2-6,18H,7H2,1H3,(H,19,20). The third-order valence-corrected chi connectivity index (χ3v) is 2.93. The van der Waals surface area contributed by atoms with Crippen LogP contribution in [0.15, 0.2) is 30.6 Å². The van der Waals surface area contributed by atoms with E-state index >= 15 is 0 Å². The first-order valence-corrected chi connectivity index (χ1v) is 5.85. The number of halogens is 2. The van der Waals surface area contributed by atoms with Gasteiger partial charge in [0.25, 0.3) is 0 Å². The Morgan fingerprint density at radius 2 is 2.05 bits per heavy atom. The van der Waals surface area contributed by atoms with Gasteiger partial charge in [-0.2, -0.15) is 0 Å². The summed E-state index contributed by atoms with van der Waals surface area (Å²) < 4.78 is 27.2. The molecular formula is C14H12F2N2O2. The van der Waals surface area contributed by atoms with Gasteiger partial charge >= 0.3 is 5.97 Å². The predicted octanol–water partition coefficient (Wildman–Crippen LogP) is 2.98. The lowest BCUT2D eigenvalue weighted by molar-refractivity contribution is 0.0690. The molecule has 0 fully saturated rings. The Labute approximate surface area is 114 Å². The summed E-state index contributed by atoms with van der Waals surface area (Å²) in [7, 11) is 0. The zero-order valence-corrected chi connectivity index (χ0v) is 10.7. The zero-order chi connectivity index (χ0) is 14.7. The number of hydrogen-bond acceptors (Lipinski definition) is 3. The minimum atomic E-state index is -1.50. The van der Waals surface area contributed by atoms with E-state index in [1.165, 1.54) is 6.07 Å². The number of aryl methyl sites for hydroxylation is 1. The van der Waals surface area contributed by atoms with Gasteiger partial charge in [-0.05, 0) is 36.2 Å². The Bertz CT molecular complexity index is 660. The highest BCUT2D eigenvalue weighted by molar-refractivity contribution is 5.88. The van der Waals surface area contributed by atoms with E-state index in [1.54, 1.807) is 12.4 Å². The molecule has 0 saturated heterocycles. The van der Waals surface area contributed by atoms with Gasteiger partial charge < -0.3 is 10.4 Å². The van der Waals surface area contributed by atoms with E-state index in [4.69, 9.17) is 5.11 Å². The number of nitrogens with one attached hydrogen (secondary N) is 1. The Balaban J connectivity index is 2.21. The highest BCUT2D eigenvalue weighted by Crippen LogP contribution is 2.21. The van der Waals surface area contributed by atoms with Crippen molar-refractivity contribution in [2.24, 2.45) is 0 Å².